The summed E-state index contributed by atoms with van der Waals surface area (Å²) in [6.07, 6.45) is -2.14. The summed E-state index contributed by atoms with van der Waals surface area (Å²) < 4.78 is 62.8. The topological polar surface area (TPSA) is 107 Å². The van der Waals surface area contributed by atoms with Crippen molar-refractivity contribution < 1.29 is 22.3 Å². The van der Waals surface area contributed by atoms with Crippen LogP contribution >= 0.6 is 0 Å². The molecule has 0 radical (unpaired) electrons. The van der Waals surface area contributed by atoms with E-state index < -0.39 is 34.7 Å². The van der Waals surface area contributed by atoms with Crippen LogP contribution in [0.25, 0.3) is 22.0 Å². The average Bonchev–Trinajstić information content (AvgIpc) is 2.91. The third-order valence-corrected chi connectivity index (χ3v) is 6.71. The van der Waals surface area contributed by atoms with Crippen LogP contribution in [-0.4, -0.2) is 50.7 Å². The van der Waals surface area contributed by atoms with Gasteiger partial charge in [0.05, 0.1) is 59.9 Å². The molecule has 40 heavy (non-hydrogen) atoms. The molecule has 1 atom stereocenters. The molecule has 1 aliphatic rings. The summed E-state index contributed by atoms with van der Waals surface area (Å²) in [5.74, 6) is -1.35. The quantitative estimate of drug-likeness (QED) is 0.372. The van der Waals surface area contributed by atoms with E-state index in [4.69, 9.17) is 4.74 Å². The van der Waals surface area contributed by atoms with Crippen molar-refractivity contribution in [1.82, 2.24) is 24.4 Å². The van der Waals surface area contributed by atoms with Gasteiger partial charge in [-0.15, -0.1) is 0 Å². The summed E-state index contributed by atoms with van der Waals surface area (Å²) in [5.41, 5.74) is -1.92. The lowest BCUT2D eigenvalue weighted by molar-refractivity contribution is -0.140. The number of anilines is 1. The van der Waals surface area contributed by atoms with Gasteiger partial charge in [0.2, 0.25) is 0 Å². The van der Waals surface area contributed by atoms with Gasteiger partial charge in [-0.1, -0.05) is 12.1 Å². The van der Waals surface area contributed by atoms with Gasteiger partial charge < -0.3 is 15.1 Å². The molecule has 0 spiro atoms. The molecule has 4 aromatic rings. The normalized spacial score (nSPS) is 14.9. The number of pyridine rings is 1. The van der Waals surface area contributed by atoms with Gasteiger partial charge in [-0.05, 0) is 26.0 Å². The number of ether oxygens (including phenoxy) is 1. The molecule has 1 fully saturated rings. The Bertz CT molecular complexity index is 1710. The van der Waals surface area contributed by atoms with E-state index in [9.17, 15) is 27.2 Å². The summed E-state index contributed by atoms with van der Waals surface area (Å²) in [6.45, 7) is 4.72. The van der Waals surface area contributed by atoms with Crippen molar-refractivity contribution in [2.24, 2.45) is 7.05 Å². The maximum absolute atomic E-state index is 14.9. The second kappa shape index (κ2) is 10.3. The molecular weight excluding hydrogens is 534 g/mol. The standard InChI is InChI=1S/C26H25F4N7O3/c1-14-11-19(32-13-31-14)21-20-17(12-37(25(21)39)36-7-9-40-10-8-36)23(34-35(3)24(20)38)33-15(2)16-5-4-6-18(22(16)27)26(28,29)30/h4-6,11-13,15H,7-10H2,1-3H3,(H,33,34)/t15-/m1/s1. The minimum absolute atomic E-state index is 0.00400. The van der Waals surface area contributed by atoms with E-state index in [0.717, 1.165) is 10.7 Å². The summed E-state index contributed by atoms with van der Waals surface area (Å²) in [5, 5.41) is 9.21. The SMILES string of the molecule is Cc1cc(-c2c(=O)n(N3CCOCC3)cc3c(N[C@H](C)c4cccc(C(F)(F)F)c4F)nn(C)c(=O)c23)ncn1. The van der Waals surface area contributed by atoms with Crippen molar-refractivity contribution in [3.05, 3.63) is 80.1 Å². The minimum atomic E-state index is -4.87. The van der Waals surface area contributed by atoms with Crippen molar-refractivity contribution in [3.63, 3.8) is 0 Å². The Balaban J connectivity index is 1.75. The predicted octanol–water partition coefficient (Wildman–Crippen LogP) is 3.16. The lowest BCUT2D eigenvalue weighted by Crippen LogP contribution is -2.49. The fourth-order valence-corrected chi connectivity index (χ4v) is 4.72. The van der Waals surface area contributed by atoms with Gasteiger partial charge >= 0.3 is 6.18 Å². The van der Waals surface area contributed by atoms with E-state index >= 15 is 0 Å². The number of aryl methyl sites for hydroxylation is 2. The minimum Gasteiger partial charge on any atom is -0.378 e. The fraction of sp³-hybridized carbons (Fsp3) is 0.346. The number of hydrogen-bond acceptors (Lipinski definition) is 8. The van der Waals surface area contributed by atoms with E-state index in [1.54, 1.807) is 18.0 Å². The van der Waals surface area contributed by atoms with Crippen LogP contribution in [0, 0.1) is 12.7 Å². The first-order valence-electron chi connectivity index (χ1n) is 12.4. The van der Waals surface area contributed by atoms with E-state index in [2.05, 4.69) is 20.4 Å². The Morgan fingerprint density at radius 1 is 1.10 bits per heavy atom. The van der Waals surface area contributed by atoms with Crippen molar-refractivity contribution in [2.45, 2.75) is 26.1 Å². The van der Waals surface area contributed by atoms with Crippen LogP contribution in [0.1, 0.15) is 29.8 Å². The summed E-state index contributed by atoms with van der Waals surface area (Å²) in [6, 6.07) is 3.61. The molecule has 210 valence electrons. The fourth-order valence-electron chi connectivity index (χ4n) is 4.72. The van der Waals surface area contributed by atoms with Gasteiger partial charge in [-0.2, -0.15) is 18.3 Å². The number of alkyl halides is 3. The lowest BCUT2D eigenvalue weighted by Gasteiger charge is -2.31. The molecule has 0 amide bonds. The first-order valence-corrected chi connectivity index (χ1v) is 12.4. The number of halogens is 4. The number of nitrogens with zero attached hydrogens (tertiary/aromatic N) is 6. The molecule has 1 aliphatic heterocycles. The summed E-state index contributed by atoms with van der Waals surface area (Å²) in [4.78, 5) is 35.6. The molecule has 0 saturated carbocycles. The second-order valence-corrected chi connectivity index (χ2v) is 9.40. The molecule has 4 heterocycles. The van der Waals surface area contributed by atoms with Gasteiger partial charge in [0, 0.05) is 24.5 Å². The number of nitrogens with one attached hydrogen (secondary N) is 1. The van der Waals surface area contributed by atoms with E-state index in [1.807, 2.05) is 0 Å². The van der Waals surface area contributed by atoms with Crippen molar-refractivity contribution in [3.8, 4) is 11.3 Å². The van der Waals surface area contributed by atoms with Gasteiger partial charge in [-0.25, -0.2) is 23.7 Å². The molecule has 10 nitrogen and oxygen atoms in total. The number of fused-ring (bicyclic) bond motifs is 1. The third-order valence-electron chi connectivity index (χ3n) is 6.71. The Morgan fingerprint density at radius 2 is 1.82 bits per heavy atom. The zero-order valence-corrected chi connectivity index (χ0v) is 21.8. The number of rotatable bonds is 5. The predicted molar refractivity (Wildman–Crippen MR) is 139 cm³/mol. The van der Waals surface area contributed by atoms with Crippen LogP contribution < -0.4 is 21.4 Å². The maximum Gasteiger partial charge on any atom is 0.419 e. The average molecular weight is 560 g/mol. The largest absolute Gasteiger partial charge is 0.419 e. The van der Waals surface area contributed by atoms with E-state index in [-0.39, 0.29) is 33.4 Å². The Kier molecular flexibility index (Phi) is 7.04. The first-order chi connectivity index (χ1) is 19.0. The number of aromatic nitrogens is 5. The van der Waals surface area contributed by atoms with Crippen molar-refractivity contribution in [2.75, 3.05) is 36.6 Å². The number of benzene rings is 1. The zero-order chi connectivity index (χ0) is 28.8. The lowest BCUT2D eigenvalue weighted by atomic mass is 10.0. The monoisotopic (exact) mass is 559 g/mol. The Morgan fingerprint density at radius 3 is 2.50 bits per heavy atom. The molecule has 0 bridgehead atoms. The Labute approximate surface area is 224 Å². The molecule has 5 rings (SSSR count). The highest BCUT2D eigenvalue weighted by molar-refractivity contribution is 6.00. The van der Waals surface area contributed by atoms with Crippen LogP contribution in [0.4, 0.5) is 23.4 Å². The van der Waals surface area contributed by atoms with Gasteiger partial charge in [0.1, 0.15) is 12.1 Å². The summed E-state index contributed by atoms with van der Waals surface area (Å²) >= 11 is 0. The molecule has 1 aromatic carbocycles. The summed E-state index contributed by atoms with van der Waals surface area (Å²) in [7, 11) is 1.38. The van der Waals surface area contributed by atoms with Crippen LogP contribution in [0.3, 0.4) is 0 Å². The van der Waals surface area contributed by atoms with Crippen molar-refractivity contribution in [1.29, 1.82) is 0 Å². The van der Waals surface area contributed by atoms with E-state index in [1.165, 1.54) is 37.2 Å². The van der Waals surface area contributed by atoms with E-state index in [0.29, 0.717) is 38.1 Å². The maximum atomic E-state index is 14.9. The molecule has 0 aliphatic carbocycles. The molecule has 0 unspecified atom stereocenters. The molecule has 3 aromatic heterocycles. The number of hydrogen-bond donors (Lipinski definition) is 1. The van der Waals surface area contributed by atoms with Crippen LogP contribution in [0.5, 0.6) is 0 Å². The van der Waals surface area contributed by atoms with Crippen molar-refractivity contribution >= 4 is 16.6 Å². The van der Waals surface area contributed by atoms with Crippen LogP contribution in [-0.2, 0) is 18.0 Å². The second-order valence-electron chi connectivity index (χ2n) is 9.40. The van der Waals surface area contributed by atoms with Crippen LogP contribution in [0.15, 0.2) is 46.4 Å². The highest BCUT2D eigenvalue weighted by Crippen LogP contribution is 2.35. The Hall–Kier alpha value is -4.33. The molecule has 1 N–H and O–H groups in total. The van der Waals surface area contributed by atoms with Gasteiger partial charge in [-0.3, -0.25) is 9.59 Å². The van der Waals surface area contributed by atoms with Crippen LogP contribution in [0.2, 0.25) is 0 Å². The molecular formula is C26H25F4N7O3. The highest BCUT2D eigenvalue weighted by Gasteiger charge is 2.35. The molecule has 1 saturated heterocycles. The zero-order valence-electron chi connectivity index (χ0n) is 21.8. The third kappa shape index (κ3) is 4.90. The number of morpholine rings is 1. The first kappa shape index (κ1) is 27.2. The molecule has 14 heteroatoms. The van der Waals surface area contributed by atoms with Gasteiger partial charge in [0.15, 0.2) is 5.82 Å². The van der Waals surface area contributed by atoms with Gasteiger partial charge in [0.25, 0.3) is 11.1 Å². The smallest absolute Gasteiger partial charge is 0.378 e. The highest BCUT2D eigenvalue weighted by atomic mass is 19.4.